The molecular formula is C13H19N3. The summed E-state index contributed by atoms with van der Waals surface area (Å²) in [6, 6.07) is 10.8. The van der Waals surface area contributed by atoms with Gasteiger partial charge in [-0.1, -0.05) is 29.8 Å². The molecule has 3 heteroatoms. The number of hydrogen-bond donors (Lipinski definition) is 1. The van der Waals surface area contributed by atoms with E-state index >= 15 is 0 Å². The van der Waals surface area contributed by atoms with Crippen LogP contribution in [0, 0.1) is 18.3 Å². The molecule has 0 fully saturated rings. The van der Waals surface area contributed by atoms with Crippen molar-refractivity contribution in [2.45, 2.75) is 19.4 Å². The number of benzene rings is 1. The maximum absolute atomic E-state index is 8.57. The van der Waals surface area contributed by atoms with E-state index in [1.54, 1.807) is 0 Å². The molecule has 1 aromatic carbocycles. The lowest BCUT2D eigenvalue weighted by Gasteiger charge is -2.26. The van der Waals surface area contributed by atoms with Crippen molar-refractivity contribution in [1.29, 1.82) is 5.26 Å². The van der Waals surface area contributed by atoms with Crippen LogP contribution in [0.4, 0.5) is 0 Å². The zero-order valence-electron chi connectivity index (χ0n) is 9.98. The summed E-state index contributed by atoms with van der Waals surface area (Å²) in [5.41, 5.74) is 8.26. The van der Waals surface area contributed by atoms with Gasteiger partial charge in [0.25, 0.3) is 0 Å². The number of nitrogens with zero attached hydrogens (tertiary/aromatic N) is 2. The summed E-state index contributed by atoms with van der Waals surface area (Å²) in [5, 5.41) is 8.57. The number of nitrogens with two attached hydrogens (primary N) is 1. The minimum absolute atomic E-state index is 0.203. The van der Waals surface area contributed by atoms with Gasteiger partial charge in [-0.15, -0.1) is 0 Å². The van der Waals surface area contributed by atoms with Gasteiger partial charge in [-0.05, 0) is 19.5 Å². The van der Waals surface area contributed by atoms with Gasteiger partial charge in [0.2, 0.25) is 0 Å². The number of nitriles is 1. The van der Waals surface area contributed by atoms with E-state index in [2.05, 4.69) is 42.2 Å². The molecule has 1 atom stereocenters. The molecule has 3 nitrogen and oxygen atoms in total. The van der Waals surface area contributed by atoms with E-state index in [0.29, 0.717) is 13.0 Å². The van der Waals surface area contributed by atoms with E-state index in [9.17, 15) is 0 Å². The fourth-order valence-electron chi connectivity index (χ4n) is 1.74. The summed E-state index contributed by atoms with van der Waals surface area (Å²) in [6.07, 6.45) is 0.541. The highest BCUT2D eigenvalue weighted by atomic mass is 15.1. The topological polar surface area (TPSA) is 53.0 Å². The third-order valence-corrected chi connectivity index (χ3v) is 2.79. The smallest absolute Gasteiger partial charge is 0.0635 e. The molecule has 0 aromatic heterocycles. The Labute approximate surface area is 97.5 Å². The molecule has 86 valence electrons. The van der Waals surface area contributed by atoms with Gasteiger partial charge in [0.1, 0.15) is 0 Å². The van der Waals surface area contributed by atoms with Crippen LogP contribution in [0.3, 0.4) is 0 Å². The summed E-state index contributed by atoms with van der Waals surface area (Å²) in [5.74, 6) is 0. The molecule has 0 radical (unpaired) electrons. The molecule has 0 heterocycles. The molecule has 0 saturated carbocycles. The van der Waals surface area contributed by atoms with Gasteiger partial charge in [-0.25, -0.2) is 0 Å². The Hall–Kier alpha value is -1.37. The van der Waals surface area contributed by atoms with Gasteiger partial charge in [-0.2, -0.15) is 5.26 Å². The highest BCUT2D eigenvalue weighted by Gasteiger charge is 2.14. The van der Waals surface area contributed by atoms with Crippen molar-refractivity contribution in [3.63, 3.8) is 0 Å². The van der Waals surface area contributed by atoms with Crippen molar-refractivity contribution in [2.75, 3.05) is 20.1 Å². The van der Waals surface area contributed by atoms with Gasteiger partial charge in [-0.3, -0.25) is 4.90 Å². The zero-order valence-corrected chi connectivity index (χ0v) is 9.98. The fourth-order valence-corrected chi connectivity index (χ4v) is 1.74. The monoisotopic (exact) mass is 217 g/mol. The molecule has 16 heavy (non-hydrogen) atoms. The van der Waals surface area contributed by atoms with Gasteiger partial charge >= 0.3 is 0 Å². The fraction of sp³-hybridized carbons (Fsp3) is 0.462. The molecule has 0 aliphatic heterocycles. The van der Waals surface area contributed by atoms with Crippen LogP contribution in [0.2, 0.25) is 0 Å². The zero-order chi connectivity index (χ0) is 12.0. The first kappa shape index (κ1) is 12.7. The molecule has 0 spiro atoms. The Bertz CT molecular complexity index is 350. The lowest BCUT2D eigenvalue weighted by molar-refractivity contribution is 0.256. The molecule has 0 saturated heterocycles. The number of rotatable bonds is 5. The molecule has 2 N–H and O–H groups in total. The number of likely N-dealkylation sites (N-methyl/N-ethyl adjacent to an activating group) is 1. The summed E-state index contributed by atoms with van der Waals surface area (Å²) in [7, 11) is 2.01. The third-order valence-electron chi connectivity index (χ3n) is 2.79. The van der Waals surface area contributed by atoms with E-state index in [1.165, 1.54) is 11.1 Å². The standard InChI is InChI=1S/C13H19N3/c1-11-4-6-12(7-5-11)13(10-15)16(2)9-3-8-14/h4-7,13H,3,9-10,15H2,1-2H3. The second kappa shape index (κ2) is 6.26. The molecule has 1 aromatic rings. The third kappa shape index (κ3) is 3.34. The van der Waals surface area contributed by atoms with Crippen LogP contribution >= 0.6 is 0 Å². The molecule has 1 rings (SSSR count). The average Bonchev–Trinajstić information content (AvgIpc) is 2.30. The van der Waals surface area contributed by atoms with E-state index in [0.717, 1.165) is 6.54 Å². The maximum Gasteiger partial charge on any atom is 0.0635 e. The van der Waals surface area contributed by atoms with E-state index in [4.69, 9.17) is 11.0 Å². The second-order valence-corrected chi connectivity index (χ2v) is 4.05. The van der Waals surface area contributed by atoms with Crippen molar-refractivity contribution in [1.82, 2.24) is 4.90 Å². The van der Waals surface area contributed by atoms with Crippen LogP contribution in [-0.2, 0) is 0 Å². The van der Waals surface area contributed by atoms with Crippen LogP contribution in [-0.4, -0.2) is 25.0 Å². The van der Waals surface area contributed by atoms with Gasteiger partial charge < -0.3 is 5.73 Å². The Morgan fingerprint density at radius 1 is 1.38 bits per heavy atom. The van der Waals surface area contributed by atoms with E-state index in [-0.39, 0.29) is 6.04 Å². The van der Waals surface area contributed by atoms with Crippen molar-refractivity contribution in [3.05, 3.63) is 35.4 Å². The van der Waals surface area contributed by atoms with Gasteiger partial charge in [0.05, 0.1) is 6.07 Å². The van der Waals surface area contributed by atoms with Crippen LogP contribution in [0.5, 0.6) is 0 Å². The maximum atomic E-state index is 8.57. The van der Waals surface area contributed by atoms with Gasteiger partial charge in [0, 0.05) is 25.6 Å². The SMILES string of the molecule is Cc1ccc(C(CN)N(C)CCC#N)cc1. The van der Waals surface area contributed by atoms with Crippen molar-refractivity contribution in [2.24, 2.45) is 5.73 Å². The first-order chi connectivity index (χ1) is 7.69. The quantitative estimate of drug-likeness (QED) is 0.818. The number of hydrogen-bond acceptors (Lipinski definition) is 3. The largest absolute Gasteiger partial charge is 0.329 e. The minimum Gasteiger partial charge on any atom is -0.329 e. The summed E-state index contributed by atoms with van der Waals surface area (Å²) in [6.45, 7) is 3.40. The summed E-state index contributed by atoms with van der Waals surface area (Å²) >= 11 is 0. The molecule has 0 amide bonds. The molecule has 0 aliphatic carbocycles. The first-order valence-electron chi connectivity index (χ1n) is 5.53. The Morgan fingerprint density at radius 2 is 2.00 bits per heavy atom. The normalized spacial score (nSPS) is 12.4. The second-order valence-electron chi connectivity index (χ2n) is 4.05. The highest BCUT2D eigenvalue weighted by molar-refractivity contribution is 5.24. The Morgan fingerprint density at radius 3 is 2.50 bits per heavy atom. The van der Waals surface area contributed by atoms with Crippen LogP contribution in [0.25, 0.3) is 0 Å². The minimum atomic E-state index is 0.203. The molecule has 0 aliphatic rings. The summed E-state index contributed by atoms with van der Waals surface area (Å²) < 4.78 is 0. The lowest BCUT2D eigenvalue weighted by atomic mass is 10.0. The molecule has 0 bridgehead atoms. The number of aryl methyl sites for hydroxylation is 1. The first-order valence-corrected chi connectivity index (χ1v) is 5.53. The molecule has 1 unspecified atom stereocenters. The van der Waals surface area contributed by atoms with Crippen LogP contribution in [0.1, 0.15) is 23.6 Å². The van der Waals surface area contributed by atoms with Crippen molar-refractivity contribution >= 4 is 0 Å². The molecular weight excluding hydrogens is 198 g/mol. The predicted octanol–water partition coefficient (Wildman–Crippen LogP) is 1.84. The lowest BCUT2D eigenvalue weighted by Crippen LogP contribution is -2.31. The van der Waals surface area contributed by atoms with Gasteiger partial charge in [0.15, 0.2) is 0 Å². The Balaban J connectivity index is 2.74. The average molecular weight is 217 g/mol. The van der Waals surface area contributed by atoms with E-state index < -0.39 is 0 Å². The predicted molar refractivity (Wildman–Crippen MR) is 65.8 cm³/mol. The van der Waals surface area contributed by atoms with Crippen molar-refractivity contribution < 1.29 is 0 Å². The Kier molecular flexibility index (Phi) is 4.97. The van der Waals surface area contributed by atoms with Crippen LogP contribution in [0.15, 0.2) is 24.3 Å². The highest BCUT2D eigenvalue weighted by Crippen LogP contribution is 2.18. The summed E-state index contributed by atoms with van der Waals surface area (Å²) in [4.78, 5) is 2.13. The van der Waals surface area contributed by atoms with Crippen molar-refractivity contribution in [3.8, 4) is 6.07 Å². The van der Waals surface area contributed by atoms with E-state index in [1.807, 2.05) is 7.05 Å². The van der Waals surface area contributed by atoms with Crippen LogP contribution < -0.4 is 5.73 Å².